The van der Waals surface area contributed by atoms with Crippen molar-refractivity contribution in [2.75, 3.05) is 12.0 Å². The molecule has 0 radical (unpaired) electrons. The molecule has 1 aromatic carbocycles. The van der Waals surface area contributed by atoms with Crippen molar-refractivity contribution in [3.63, 3.8) is 0 Å². The number of rotatable bonds is 7. The Bertz CT molecular complexity index is 1100. The van der Waals surface area contributed by atoms with Crippen molar-refractivity contribution in [2.24, 2.45) is 0 Å². The van der Waals surface area contributed by atoms with Crippen LogP contribution in [-0.4, -0.2) is 44.3 Å². The number of hydrogen-bond donors (Lipinski definition) is 1. The van der Waals surface area contributed by atoms with Gasteiger partial charge in [0.15, 0.2) is 0 Å². The molecule has 5 nitrogen and oxygen atoms in total. The van der Waals surface area contributed by atoms with E-state index in [0.717, 1.165) is 34.9 Å². The number of halogens is 4. The first-order chi connectivity index (χ1) is 15.0. The Kier molecular flexibility index (Phi) is 7.64. The van der Waals surface area contributed by atoms with Gasteiger partial charge in [0.05, 0.1) is 15.5 Å². The zero-order valence-electron chi connectivity index (χ0n) is 16.3. The van der Waals surface area contributed by atoms with Crippen LogP contribution in [0.5, 0.6) is 0 Å². The second kappa shape index (κ2) is 9.90. The van der Waals surface area contributed by atoms with Crippen molar-refractivity contribution in [3.05, 3.63) is 51.6 Å². The van der Waals surface area contributed by atoms with Gasteiger partial charge >= 0.3 is 12.1 Å². The SMILES string of the molecule is CSCCC(C(=O)O)N1C(=O)/C(=C/c2ccc(-c3cc(C(F)(F)F)ccc3Cl)o2)SC1=S. The molecular formula is C20H15ClF3NO4S3. The Morgan fingerprint density at radius 1 is 1.38 bits per heavy atom. The number of carbonyl (C=O) groups is 2. The molecule has 1 saturated heterocycles. The van der Waals surface area contributed by atoms with Crippen LogP contribution in [0.15, 0.2) is 39.7 Å². The van der Waals surface area contributed by atoms with E-state index in [1.54, 1.807) is 0 Å². The first-order valence-corrected chi connectivity index (χ1v) is 12.0. The van der Waals surface area contributed by atoms with Gasteiger partial charge in [-0.25, -0.2) is 4.79 Å². The van der Waals surface area contributed by atoms with E-state index in [1.165, 1.54) is 30.0 Å². The summed E-state index contributed by atoms with van der Waals surface area (Å²) in [5.41, 5.74) is -0.822. The van der Waals surface area contributed by atoms with Crippen molar-refractivity contribution < 1.29 is 32.3 Å². The van der Waals surface area contributed by atoms with E-state index in [9.17, 15) is 27.9 Å². The van der Waals surface area contributed by atoms with Gasteiger partial charge in [-0.15, -0.1) is 0 Å². The summed E-state index contributed by atoms with van der Waals surface area (Å²) in [4.78, 5) is 25.7. The highest BCUT2D eigenvalue weighted by atomic mass is 35.5. The second-order valence-corrected chi connectivity index (χ2v) is 9.65. The average molecular weight is 522 g/mol. The zero-order valence-corrected chi connectivity index (χ0v) is 19.5. The highest BCUT2D eigenvalue weighted by Crippen LogP contribution is 2.38. The lowest BCUT2D eigenvalue weighted by Gasteiger charge is -2.22. The smallest absolute Gasteiger partial charge is 0.416 e. The van der Waals surface area contributed by atoms with E-state index in [0.29, 0.717) is 5.75 Å². The van der Waals surface area contributed by atoms with Crippen LogP contribution in [0.4, 0.5) is 13.2 Å². The van der Waals surface area contributed by atoms with Crippen LogP contribution in [0.2, 0.25) is 5.02 Å². The topological polar surface area (TPSA) is 70.8 Å². The quantitative estimate of drug-likeness (QED) is 0.352. The Labute approximate surface area is 200 Å². The van der Waals surface area contributed by atoms with Crippen molar-refractivity contribution >= 4 is 69.6 Å². The molecule has 170 valence electrons. The average Bonchev–Trinajstić information content (AvgIpc) is 3.27. The summed E-state index contributed by atoms with van der Waals surface area (Å²) in [5, 5.41) is 9.58. The van der Waals surface area contributed by atoms with Crippen molar-refractivity contribution in [1.29, 1.82) is 0 Å². The third-order valence-corrected chi connectivity index (χ3v) is 6.78. The van der Waals surface area contributed by atoms with Crippen molar-refractivity contribution in [2.45, 2.75) is 18.6 Å². The summed E-state index contributed by atoms with van der Waals surface area (Å²) in [6, 6.07) is 4.71. The van der Waals surface area contributed by atoms with E-state index in [2.05, 4.69) is 0 Å². The number of nitrogens with zero attached hydrogens (tertiary/aromatic N) is 1. The lowest BCUT2D eigenvalue weighted by molar-refractivity contribution is -0.145. The lowest BCUT2D eigenvalue weighted by Crippen LogP contribution is -2.44. The molecular weight excluding hydrogens is 507 g/mol. The summed E-state index contributed by atoms with van der Waals surface area (Å²) in [6.45, 7) is 0. The molecule has 1 atom stereocenters. The van der Waals surface area contributed by atoms with Crippen LogP contribution >= 0.6 is 47.3 Å². The van der Waals surface area contributed by atoms with Gasteiger partial charge in [-0.3, -0.25) is 9.69 Å². The molecule has 3 rings (SSSR count). The fourth-order valence-electron chi connectivity index (χ4n) is 2.94. The Morgan fingerprint density at radius 2 is 2.09 bits per heavy atom. The zero-order chi connectivity index (χ0) is 23.6. The number of carboxylic acids is 1. The molecule has 1 aromatic heterocycles. The maximum atomic E-state index is 13.0. The van der Waals surface area contributed by atoms with Crippen LogP contribution in [0.25, 0.3) is 17.4 Å². The van der Waals surface area contributed by atoms with E-state index in [4.69, 9.17) is 28.2 Å². The molecule has 1 aliphatic heterocycles. The van der Waals surface area contributed by atoms with Crippen LogP contribution in [0.1, 0.15) is 17.7 Å². The minimum atomic E-state index is -4.54. The van der Waals surface area contributed by atoms with Gasteiger partial charge in [-0.2, -0.15) is 24.9 Å². The Hall–Kier alpha value is -1.95. The predicted molar refractivity (Wildman–Crippen MR) is 124 cm³/mol. The molecule has 0 spiro atoms. The number of carboxylic acid groups (broad SMARTS) is 1. The number of furan rings is 1. The number of alkyl halides is 3. The molecule has 12 heteroatoms. The number of aliphatic carboxylic acids is 1. The minimum Gasteiger partial charge on any atom is -0.480 e. The highest BCUT2D eigenvalue weighted by molar-refractivity contribution is 8.26. The first-order valence-electron chi connectivity index (χ1n) is 8.98. The third kappa shape index (κ3) is 5.33. The van der Waals surface area contributed by atoms with E-state index >= 15 is 0 Å². The van der Waals surface area contributed by atoms with Crippen LogP contribution in [0.3, 0.4) is 0 Å². The van der Waals surface area contributed by atoms with Gasteiger partial charge in [-0.1, -0.05) is 35.6 Å². The summed E-state index contributed by atoms with van der Waals surface area (Å²) >= 11 is 13.6. The van der Waals surface area contributed by atoms with Gasteiger partial charge < -0.3 is 9.52 Å². The number of carbonyl (C=O) groups excluding carboxylic acids is 1. The summed E-state index contributed by atoms with van der Waals surface area (Å²) in [6.07, 6.45) is -1.11. The van der Waals surface area contributed by atoms with Gasteiger partial charge in [-0.05, 0) is 48.8 Å². The number of benzene rings is 1. The normalized spacial score (nSPS) is 16.8. The maximum absolute atomic E-state index is 13.0. The molecule has 1 aliphatic rings. The van der Waals surface area contributed by atoms with Crippen LogP contribution in [-0.2, 0) is 15.8 Å². The summed E-state index contributed by atoms with van der Waals surface area (Å²) in [5.74, 6) is -0.914. The molecule has 0 bridgehead atoms. The molecule has 2 aromatic rings. The Morgan fingerprint density at radius 3 is 2.72 bits per heavy atom. The second-order valence-electron chi connectivity index (χ2n) is 6.58. The van der Waals surface area contributed by atoms with Gasteiger partial charge in [0.25, 0.3) is 5.91 Å². The number of thiocarbonyl (C=S) groups is 1. The van der Waals surface area contributed by atoms with Crippen molar-refractivity contribution in [1.82, 2.24) is 4.90 Å². The van der Waals surface area contributed by atoms with E-state index in [-0.39, 0.29) is 37.8 Å². The van der Waals surface area contributed by atoms with Gasteiger partial charge in [0, 0.05) is 11.6 Å². The third-order valence-electron chi connectivity index (χ3n) is 4.47. The lowest BCUT2D eigenvalue weighted by atomic mass is 10.1. The maximum Gasteiger partial charge on any atom is 0.416 e. The largest absolute Gasteiger partial charge is 0.480 e. The molecule has 1 fully saturated rings. The summed E-state index contributed by atoms with van der Waals surface area (Å²) < 4.78 is 44.8. The molecule has 1 unspecified atom stereocenters. The fourth-order valence-corrected chi connectivity index (χ4v) is 4.94. The number of hydrogen-bond acceptors (Lipinski definition) is 6. The molecule has 32 heavy (non-hydrogen) atoms. The predicted octanol–water partition coefficient (Wildman–Crippen LogP) is 6.03. The van der Waals surface area contributed by atoms with Gasteiger partial charge in [0.2, 0.25) is 0 Å². The van der Waals surface area contributed by atoms with Crippen LogP contribution < -0.4 is 0 Å². The van der Waals surface area contributed by atoms with Gasteiger partial charge in [0.1, 0.15) is 21.9 Å². The first kappa shape index (κ1) is 24.7. The molecule has 1 amide bonds. The Balaban J connectivity index is 1.88. The van der Waals surface area contributed by atoms with E-state index in [1.807, 2.05) is 6.26 Å². The number of thioether (sulfide) groups is 2. The molecule has 1 N–H and O–H groups in total. The highest BCUT2D eigenvalue weighted by Gasteiger charge is 2.40. The molecule has 0 aliphatic carbocycles. The fraction of sp³-hybridized carbons (Fsp3) is 0.250. The van der Waals surface area contributed by atoms with Crippen molar-refractivity contribution in [3.8, 4) is 11.3 Å². The summed E-state index contributed by atoms with van der Waals surface area (Å²) in [7, 11) is 0. The number of amides is 1. The van der Waals surface area contributed by atoms with Crippen LogP contribution in [0, 0.1) is 0 Å². The molecule has 0 saturated carbocycles. The minimum absolute atomic E-state index is 0.0525. The van der Waals surface area contributed by atoms with E-state index < -0.39 is 29.7 Å². The molecule has 2 heterocycles. The monoisotopic (exact) mass is 521 g/mol. The standard InChI is InChI=1S/C20H15ClF3NO4S3/c1-31-7-6-14(18(27)28)25-17(26)16(32-19(25)30)9-11-3-5-15(29-11)12-8-10(20(22,23)24)2-4-13(12)21/h2-5,8-9,14H,6-7H2,1H3,(H,27,28)/b16-9-.